The summed E-state index contributed by atoms with van der Waals surface area (Å²) in [6, 6.07) is 0. The van der Waals surface area contributed by atoms with Crippen LogP contribution < -0.4 is 5.73 Å². The van der Waals surface area contributed by atoms with E-state index in [0.717, 1.165) is 18.4 Å². The zero-order valence-corrected chi connectivity index (χ0v) is 10.00. The van der Waals surface area contributed by atoms with E-state index in [9.17, 15) is 0 Å². The van der Waals surface area contributed by atoms with Gasteiger partial charge in [0.1, 0.15) is 0 Å². The van der Waals surface area contributed by atoms with Crippen LogP contribution in [-0.2, 0) is 0 Å². The first-order chi connectivity index (χ1) is 6.63. The fraction of sp³-hybridized carbons (Fsp3) is 1.00. The molecule has 0 spiro atoms. The maximum absolute atomic E-state index is 5.60. The summed E-state index contributed by atoms with van der Waals surface area (Å²) in [6.45, 7) is 11.7. The molecule has 14 heavy (non-hydrogen) atoms. The smallest absolute Gasteiger partial charge is 0.00102 e. The van der Waals surface area contributed by atoms with Gasteiger partial charge in [-0.3, -0.25) is 0 Å². The Kier molecular flexibility index (Phi) is 4.90. The van der Waals surface area contributed by atoms with Gasteiger partial charge in [-0.25, -0.2) is 0 Å². The monoisotopic (exact) mass is 198 g/mol. The molecule has 0 aromatic rings. The van der Waals surface area contributed by atoms with E-state index in [4.69, 9.17) is 5.73 Å². The van der Waals surface area contributed by atoms with Crippen molar-refractivity contribution in [3.05, 3.63) is 0 Å². The van der Waals surface area contributed by atoms with Gasteiger partial charge in [0.05, 0.1) is 0 Å². The Bertz CT molecular complexity index is 148. The molecule has 1 rings (SSSR count). The second-order valence-electron chi connectivity index (χ2n) is 5.20. The molecule has 1 heterocycles. The van der Waals surface area contributed by atoms with Gasteiger partial charge in [0.2, 0.25) is 0 Å². The lowest BCUT2D eigenvalue weighted by Gasteiger charge is -2.16. The van der Waals surface area contributed by atoms with Gasteiger partial charge in [0.15, 0.2) is 0 Å². The zero-order valence-electron chi connectivity index (χ0n) is 10.00. The van der Waals surface area contributed by atoms with Crippen molar-refractivity contribution in [2.45, 2.75) is 33.6 Å². The van der Waals surface area contributed by atoms with E-state index < -0.39 is 0 Å². The molecule has 1 aliphatic heterocycles. The average Bonchev–Trinajstić information content (AvgIpc) is 2.46. The number of hydrogen-bond acceptors (Lipinski definition) is 2. The van der Waals surface area contributed by atoms with E-state index in [1.807, 2.05) is 0 Å². The summed E-state index contributed by atoms with van der Waals surface area (Å²) in [7, 11) is 0. The fourth-order valence-electron chi connectivity index (χ4n) is 2.21. The molecule has 0 bridgehead atoms. The summed E-state index contributed by atoms with van der Waals surface area (Å²) >= 11 is 0. The maximum Gasteiger partial charge on any atom is 0.00102 e. The van der Waals surface area contributed by atoms with Crippen LogP contribution in [0.2, 0.25) is 0 Å². The van der Waals surface area contributed by atoms with Gasteiger partial charge in [-0.1, -0.05) is 20.8 Å². The van der Waals surface area contributed by atoms with Crippen molar-refractivity contribution in [1.82, 2.24) is 4.90 Å². The van der Waals surface area contributed by atoms with E-state index in [2.05, 4.69) is 25.7 Å². The molecule has 2 heteroatoms. The van der Waals surface area contributed by atoms with Crippen LogP contribution in [0.25, 0.3) is 0 Å². The second kappa shape index (κ2) is 5.72. The number of nitrogens with two attached hydrogens (primary N) is 1. The van der Waals surface area contributed by atoms with E-state index in [-0.39, 0.29) is 0 Å². The second-order valence-corrected chi connectivity index (χ2v) is 5.20. The minimum Gasteiger partial charge on any atom is -0.330 e. The highest BCUT2D eigenvalue weighted by Gasteiger charge is 2.25. The van der Waals surface area contributed by atoms with E-state index in [1.54, 1.807) is 0 Å². The highest BCUT2D eigenvalue weighted by molar-refractivity contribution is 4.78. The summed E-state index contributed by atoms with van der Waals surface area (Å²) < 4.78 is 0. The third-order valence-corrected chi connectivity index (χ3v) is 3.64. The molecular weight excluding hydrogens is 172 g/mol. The van der Waals surface area contributed by atoms with Crippen LogP contribution in [0.5, 0.6) is 0 Å². The predicted molar refractivity (Wildman–Crippen MR) is 62.2 cm³/mol. The van der Waals surface area contributed by atoms with Crippen LogP contribution in [0.4, 0.5) is 0 Å². The molecule has 0 radical (unpaired) electrons. The van der Waals surface area contributed by atoms with Crippen molar-refractivity contribution in [2.75, 3.05) is 26.2 Å². The first-order valence-electron chi connectivity index (χ1n) is 6.06. The Balaban J connectivity index is 2.08. The largest absolute Gasteiger partial charge is 0.330 e. The molecule has 1 saturated heterocycles. The molecule has 0 aromatic heterocycles. The highest BCUT2D eigenvalue weighted by Crippen LogP contribution is 2.22. The van der Waals surface area contributed by atoms with Gasteiger partial charge in [-0.05, 0) is 43.7 Å². The van der Waals surface area contributed by atoms with Crippen molar-refractivity contribution in [3.8, 4) is 0 Å². The summed E-state index contributed by atoms with van der Waals surface area (Å²) in [4.78, 5) is 2.61. The van der Waals surface area contributed by atoms with Gasteiger partial charge in [0, 0.05) is 13.1 Å². The summed E-state index contributed by atoms with van der Waals surface area (Å²) in [6.07, 6.45) is 2.60. The molecule has 3 unspecified atom stereocenters. The summed E-state index contributed by atoms with van der Waals surface area (Å²) in [5, 5.41) is 0. The zero-order chi connectivity index (χ0) is 10.6. The summed E-state index contributed by atoms with van der Waals surface area (Å²) in [5.74, 6) is 2.48. The lowest BCUT2D eigenvalue weighted by Crippen LogP contribution is -2.23. The minimum atomic E-state index is 0.701. The van der Waals surface area contributed by atoms with Gasteiger partial charge >= 0.3 is 0 Å². The minimum absolute atomic E-state index is 0.701. The Hall–Kier alpha value is -0.0800. The van der Waals surface area contributed by atoms with Crippen molar-refractivity contribution >= 4 is 0 Å². The molecule has 0 aliphatic carbocycles. The Morgan fingerprint density at radius 2 is 1.86 bits per heavy atom. The van der Waals surface area contributed by atoms with Crippen molar-refractivity contribution in [3.63, 3.8) is 0 Å². The highest BCUT2D eigenvalue weighted by atomic mass is 15.1. The van der Waals surface area contributed by atoms with E-state index in [0.29, 0.717) is 5.92 Å². The van der Waals surface area contributed by atoms with Crippen LogP contribution in [-0.4, -0.2) is 31.1 Å². The van der Waals surface area contributed by atoms with Crippen LogP contribution >= 0.6 is 0 Å². The van der Waals surface area contributed by atoms with Crippen molar-refractivity contribution in [1.29, 1.82) is 0 Å². The van der Waals surface area contributed by atoms with E-state index in [1.165, 1.54) is 32.5 Å². The Labute approximate surface area is 88.8 Å². The molecule has 0 saturated carbocycles. The first-order valence-corrected chi connectivity index (χ1v) is 6.06. The molecule has 84 valence electrons. The van der Waals surface area contributed by atoms with Gasteiger partial charge in [-0.15, -0.1) is 0 Å². The van der Waals surface area contributed by atoms with Crippen LogP contribution in [0.3, 0.4) is 0 Å². The third-order valence-electron chi connectivity index (χ3n) is 3.64. The quantitative estimate of drug-likeness (QED) is 0.731. The van der Waals surface area contributed by atoms with Crippen molar-refractivity contribution in [2.24, 2.45) is 23.5 Å². The lowest BCUT2D eigenvalue weighted by atomic mass is 10.0. The standard InChI is InChI=1S/C12H26N2/c1-10(7-13)5-4-6-14-8-11(2)12(3)9-14/h10-12H,4-9,13H2,1-3H3. The molecule has 0 aromatic carbocycles. The lowest BCUT2D eigenvalue weighted by molar-refractivity contribution is 0.306. The van der Waals surface area contributed by atoms with E-state index >= 15 is 0 Å². The third kappa shape index (κ3) is 3.58. The number of nitrogens with zero attached hydrogens (tertiary/aromatic N) is 1. The first kappa shape index (κ1) is 12.0. The topological polar surface area (TPSA) is 29.3 Å². The average molecular weight is 198 g/mol. The molecular formula is C12H26N2. The van der Waals surface area contributed by atoms with Crippen LogP contribution in [0.15, 0.2) is 0 Å². The van der Waals surface area contributed by atoms with Gasteiger partial charge in [0.25, 0.3) is 0 Å². The molecule has 2 N–H and O–H groups in total. The Morgan fingerprint density at radius 1 is 1.29 bits per heavy atom. The number of hydrogen-bond donors (Lipinski definition) is 1. The predicted octanol–water partition coefficient (Wildman–Crippen LogP) is 1.95. The molecule has 3 atom stereocenters. The maximum atomic E-state index is 5.60. The van der Waals surface area contributed by atoms with Gasteiger partial charge < -0.3 is 10.6 Å². The molecule has 0 amide bonds. The fourth-order valence-corrected chi connectivity index (χ4v) is 2.21. The van der Waals surface area contributed by atoms with Gasteiger partial charge in [-0.2, -0.15) is 0 Å². The molecule has 1 aliphatic rings. The SMILES string of the molecule is CC(CN)CCCN1CC(C)C(C)C1. The Morgan fingerprint density at radius 3 is 2.36 bits per heavy atom. The number of likely N-dealkylation sites (tertiary alicyclic amines) is 1. The number of rotatable bonds is 5. The molecule has 2 nitrogen and oxygen atoms in total. The normalized spacial score (nSPS) is 30.9. The van der Waals surface area contributed by atoms with Crippen LogP contribution in [0.1, 0.15) is 33.6 Å². The summed E-state index contributed by atoms with van der Waals surface area (Å²) in [5.41, 5.74) is 5.60. The molecule has 1 fully saturated rings. The van der Waals surface area contributed by atoms with Crippen molar-refractivity contribution < 1.29 is 0 Å². The van der Waals surface area contributed by atoms with Crippen LogP contribution in [0, 0.1) is 17.8 Å².